The van der Waals surface area contributed by atoms with E-state index in [0.29, 0.717) is 6.54 Å². The molecule has 4 nitrogen and oxygen atoms in total. The van der Waals surface area contributed by atoms with Crippen molar-refractivity contribution in [1.82, 2.24) is 4.98 Å². The molecule has 1 aromatic carbocycles. The second kappa shape index (κ2) is 6.45. The summed E-state index contributed by atoms with van der Waals surface area (Å²) in [4.78, 5) is 19.8. The van der Waals surface area contributed by atoms with Crippen LogP contribution in [0.5, 0.6) is 0 Å². The van der Waals surface area contributed by atoms with Gasteiger partial charge < -0.3 is 4.74 Å². The quantitative estimate of drug-likeness (QED) is 0.834. The van der Waals surface area contributed by atoms with Gasteiger partial charge in [-0.15, -0.1) is 0 Å². The van der Waals surface area contributed by atoms with E-state index < -0.39 is 0 Å². The highest BCUT2D eigenvalue weighted by atomic mass is 32.1. The number of benzene rings is 1. The number of carbonyl (C=O) groups is 1. The molecule has 4 rings (SSSR count). The maximum absolute atomic E-state index is 13.0. The zero-order chi connectivity index (χ0) is 16.7. The Kier molecular flexibility index (Phi) is 4.31. The third-order valence-corrected chi connectivity index (χ3v) is 6.51. The first-order valence-electron chi connectivity index (χ1n) is 8.93. The van der Waals surface area contributed by atoms with E-state index in [1.54, 1.807) is 11.3 Å². The van der Waals surface area contributed by atoms with Gasteiger partial charge in [-0.3, -0.25) is 9.69 Å². The lowest BCUT2D eigenvalue weighted by Crippen LogP contribution is -2.43. The summed E-state index contributed by atoms with van der Waals surface area (Å²) in [6.45, 7) is 5.66. The molecule has 0 radical (unpaired) electrons. The molecular formula is C19H24N2O2S. The van der Waals surface area contributed by atoms with Crippen LogP contribution in [-0.2, 0) is 9.53 Å². The van der Waals surface area contributed by atoms with Crippen molar-refractivity contribution in [2.24, 2.45) is 5.92 Å². The van der Waals surface area contributed by atoms with Crippen molar-refractivity contribution in [3.05, 3.63) is 23.3 Å². The summed E-state index contributed by atoms with van der Waals surface area (Å²) in [5.41, 5.74) is 3.44. The van der Waals surface area contributed by atoms with Crippen molar-refractivity contribution in [1.29, 1.82) is 0 Å². The average molecular weight is 344 g/mol. The van der Waals surface area contributed by atoms with E-state index in [-0.39, 0.29) is 17.9 Å². The fourth-order valence-electron chi connectivity index (χ4n) is 3.49. The van der Waals surface area contributed by atoms with Gasteiger partial charge in [-0.2, -0.15) is 0 Å². The molecule has 1 aliphatic heterocycles. The molecule has 1 saturated heterocycles. The number of amides is 1. The van der Waals surface area contributed by atoms with Gasteiger partial charge in [0.1, 0.15) is 0 Å². The third-order valence-electron chi connectivity index (χ3n) is 5.29. The number of hydrogen-bond acceptors (Lipinski definition) is 4. The van der Waals surface area contributed by atoms with Gasteiger partial charge >= 0.3 is 0 Å². The second-order valence-electron chi connectivity index (χ2n) is 7.09. The number of hydrogen-bond donors (Lipinski definition) is 0. The van der Waals surface area contributed by atoms with E-state index >= 15 is 0 Å². The van der Waals surface area contributed by atoms with E-state index in [4.69, 9.17) is 9.72 Å². The highest BCUT2D eigenvalue weighted by Crippen LogP contribution is 2.36. The van der Waals surface area contributed by atoms with Gasteiger partial charge in [-0.05, 0) is 50.7 Å². The summed E-state index contributed by atoms with van der Waals surface area (Å²) in [7, 11) is 0. The summed E-state index contributed by atoms with van der Waals surface area (Å²) in [5.74, 6) is 0.423. The number of anilines is 1. The predicted octanol–water partition coefficient (Wildman–Crippen LogP) is 4.23. The van der Waals surface area contributed by atoms with Crippen molar-refractivity contribution in [2.75, 3.05) is 18.1 Å². The molecule has 0 N–H and O–H groups in total. The fraction of sp³-hybridized carbons (Fsp3) is 0.579. The minimum Gasteiger partial charge on any atom is -0.376 e. The van der Waals surface area contributed by atoms with E-state index in [1.807, 2.05) is 4.90 Å². The number of carbonyl (C=O) groups excluding carboxylic acids is 1. The van der Waals surface area contributed by atoms with Crippen LogP contribution in [0.15, 0.2) is 12.1 Å². The van der Waals surface area contributed by atoms with Gasteiger partial charge in [0.05, 0.1) is 22.9 Å². The minimum atomic E-state index is 0.156. The third kappa shape index (κ3) is 2.84. The fourth-order valence-corrected chi connectivity index (χ4v) is 4.62. The Hall–Kier alpha value is -1.46. The number of aromatic nitrogens is 1. The zero-order valence-corrected chi connectivity index (χ0v) is 15.2. The van der Waals surface area contributed by atoms with Crippen LogP contribution in [-0.4, -0.2) is 30.1 Å². The molecule has 5 heteroatoms. The standard InChI is InChI=1S/C19H24N2O2S/c1-12-8-9-13(2)17-16(12)20-19(24-17)21(11-15-7-4-10-23-15)18(22)14-5-3-6-14/h8-9,14-15H,3-7,10-11H2,1-2H3. The first kappa shape index (κ1) is 16.0. The van der Waals surface area contributed by atoms with Gasteiger partial charge in [0, 0.05) is 12.5 Å². The monoisotopic (exact) mass is 344 g/mol. The number of aryl methyl sites for hydroxylation is 2. The lowest BCUT2D eigenvalue weighted by atomic mass is 9.84. The van der Waals surface area contributed by atoms with Crippen LogP contribution >= 0.6 is 11.3 Å². The molecule has 2 fully saturated rings. The summed E-state index contributed by atoms with van der Waals surface area (Å²) in [6.07, 6.45) is 5.49. The van der Waals surface area contributed by atoms with Crippen LogP contribution in [0.3, 0.4) is 0 Å². The van der Waals surface area contributed by atoms with Crippen LogP contribution in [0.25, 0.3) is 10.2 Å². The first-order chi connectivity index (χ1) is 11.6. The number of rotatable bonds is 4. The SMILES string of the molecule is Cc1ccc(C)c2sc(N(CC3CCCO3)C(=O)C3CCC3)nc12. The Labute approximate surface area is 146 Å². The molecule has 1 amide bonds. The highest BCUT2D eigenvalue weighted by molar-refractivity contribution is 7.22. The first-order valence-corrected chi connectivity index (χ1v) is 9.75. The highest BCUT2D eigenvalue weighted by Gasteiger charge is 2.34. The molecule has 1 aliphatic carbocycles. The molecule has 1 saturated carbocycles. The molecule has 1 aromatic heterocycles. The van der Waals surface area contributed by atoms with Gasteiger partial charge in [0.15, 0.2) is 5.13 Å². The predicted molar refractivity (Wildman–Crippen MR) is 97.8 cm³/mol. The maximum Gasteiger partial charge on any atom is 0.231 e. The summed E-state index contributed by atoms with van der Waals surface area (Å²) >= 11 is 1.65. The minimum absolute atomic E-state index is 0.156. The normalized spacial score (nSPS) is 21.2. The van der Waals surface area contributed by atoms with Gasteiger partial charge in [0.2, 0.25) is 5.91 Å². The van der Waals surface area contributed by atoms with E-state index in [1.165, 1.54) is 22.2 Å². The topological polar surface area (TPSA) is 42.4 Å². The lowest BCUT2D eigenvalue weighted by molar-refractivity contribution is -0.125. The molecule has 1 atom stereocenters. The van der Waals surface area contributed by atoms with Crippen molar-refractivity contribution >= 4 is 32.6 Å². The van der Waals surface area contributed by atoms with Crippen molar-refractivity contribution in [2.45, 2.75) is 52.1 Å². The molecule has 1 unspecified atom stereocenters. The molecule has 0 bridgehead atoms. The molecule has 2 heterocycles. The van der Waals surface area contributed by atoms with Crippen LogP contribution in [0.4, 0.5) is 5.13 Å². The maximum atomic E-state index is 13.0. The van der Waals surface area contributed by atoms with Gasteiger partial charge in [-0.25, -0.2) is 4.98 Å². The summed E-state index contributed by atoms with van der Waals surface area (Å²) in [6, 6.07) is 4.25. The molecule has 2 aromatic rings. The van der Waals surface area contributed by atoms with Gasteiger partial charge in [-0.1, -0.05) is 29.9 Å². The number of ether oxygens (including phenoxy) is 1. The molecule has 0 spiro atoms. The number of fused-ring (bicyclic) bond motifs is 1. The Balaban J connectivity index is 1.70. The Morgan fingerprint density at radius 3 is 2.67 bits per heavy atom. The van der Waals surface area contributed by atoms with Crippen LogP contribution in [0, 0.1) is 19.8 Å². The van der Waals surface area contributed by atoms with Crippen LogP contribution < -0.4 is 4.90 Å². The second-order valence-corrected chi connectivity index (χ2v) is 8.06. The molecular weight excluding hydrogens is 320 g/mol. The lowest BCUT2D eigenvalue weighted by Gasteiger charge is -2.31. The smallest absolute Gasteiger partial charge is 0.231 e. The van der Waals surface area contributed by atoms with E-state index in [0.717, 1.165) is 42.9 Å². The van der Waals surface area contributed by atoms with Gasteiger partial charge in [0.25, 0.3) is 0 Å². The van der Waals surface area contributed by atoms with Crippen molar-refractivity contribution in [3.8, 4) is 0 Å². The van der Waals surface area contributed by atoms with E-state index in [2.05, 4.69) is 26.0 Å². The van der Waals surface area contributed by atoms with Crippen molar-refractivity contribution < 1.29 is 9.53 Å². The summed E-state index contributed by atoms with van der Waals surface area (Å²) in [5, 5.41) is 0.842. The number of nitrogens with zero attached hydrogens (tertiary/aromatic N) is 2. The zero-order valence-electron chi connectivity index (χ0n) is 14.4. The van der Waals surface area contributed by atoms with Crippen molar-refractivity contribution in [3.63, 3.8) is 0 Å². The van der Waals surface area contributed by atoms with Crippen LogP contribution in [0.1, 0.15) is 43.2 Å². The van der Waals surface area contributed by atoms with Crippen LogP contribution in [0.2, 0.25) is 0 Å². The Bertz CT molecular complexity index is 721. The summed E-state index contributed by atoms with van der Waals surface area (Å²) < 4.78 is 6.99. The average Bonchev–Trinajstić information content (AvgIpc) is 3.16. The Morgan fingerprint density at radius 1 is 1.25 bits per heavy atom. The Morgan fingerprint density at radius 2 is 2.04 bits per heavy atom. The largest absolute Gasteiger partial charge is 0.376 e. The molecule has 24 heavy (non-hydrogen) atoms. The van der Waals surface area contributed by atoms with E-state index in [9.17, 15) is 4.79 Å². The number of thiazole rings is 1. The molecule has 128 valence electrons. The molecule has 2 aliphatic rings.